The predicted molar refractivity (Wildman–Crippen MR) is 341 cm³/mol. The average Bonchev–Trinajstić information content (AvgIpc) is 2.22. The summed E-state index contributed by atoms with van der Waals surface area (Å²) in [5, 5.41) is 13.7. The van der Waals surface area contributed by atoms with Gasteiger partial charge in [-0.25, -0.2) is 15.0 Å². The number of aromatic nitrogens is 6. The maximum atomic E-state index is 6.44. The first-order valence-corrected chi connectivity index (χ1v) is 28.2. The number of para-hydroxylation sites is 6. The number of nitrogens with zero attached hydrogens (tertiary/aromatic N) is 6. The molecule has 0 amide bonds. The highest BCUT2D eigenvalue weighted by Gasteiger charge is 2.22. The Kier molecular flexibility index (Phi) is 9.15. The second-order valence-corrected chi connectivity index (χ2v) is 21.9. The van der Waals surface area contributed by atoms with Gasteiger partial charge >= 0.3 is 0 Å². The van der Waals surface area contributed by atoms with Crippen molar-refractivity contribution >= 4 is 131 Å². The van der Waals surface area contributed by atoms with Crippen LogP contribution >= 0.6 is 0 Å². The van der Waals surface area contributed by atoms with Crippen LogP contribution < -0.4 is 0 Å². The molecule has 390 valence electrons. The zero-order valence-electron chi connectivity index (χ0n) is 44.7. The highest BCUT2D eigenvalue weighted by atomic mass is 16.3. The van der Waals surface area contributed by atoms with Crippen molar-refractivity contribution < 1.29 is 13.3 Å². The van der Waals surface area contributed by atoms with Crippen LogP contribution in [0.5, 0.6) is 0 Å². The lowest BCUT2D eigenvalue weighted by atomic mass is 10.1. The maximum Gasteiger partial charge on any atom is 0.164 e. The molecule has 0 spiro atoms. The van der Waals surface area contributed by atoms with Crippen molar-refractivity contribution in [3.05, 3.63) is 255 Å². The van der Waals surface area contributed by atoms with Crippen molar-refractivity contribution in [2.45, 2.75) is 0 Å². The minimum Gasteiger partial charge on any atom is -0.456 e. The topological polar surface area (TPSA) is 92.9 Å². The van der Waals surface area contributed by atoms with E-state index < -0.39 is 0 Å². The quantitative estimate of drug-likeness (QED) is 0.165. The molecule has 0 aliphatic rings. The molecule has 0 N–H and O–H groups in total. The van der Waals surface area contributed by atoms with Gasteiger partial charge in [-0.3, -0.25) is 0 Å². The van der Waals surface area contributed by atoms with Gasteiger partial charge in [0.05, 0.1) is 33.1 Å². The molecule has 0 aliphatic heterocycles. The van der Waals surface area contributed by atoms with Gasteiger partial charge in [-0.05, 0) is 127 Å². The van der Waals surface area contributed by atoms with E-state index in [2.05, 4.69) is 232 Å². The second-order valence-electron chi connectivity index (χ2n) is 21.9. The summed E-state index contributed by atoms with van der Waals surface area (Å²) in [5.74, 6) is 1.70. The van der Waals surface area contributed by atoms with Crippen LogP contribution in [0, 0.1) is 0 Å². The molecule has 12 aromatic carbocycles. The van der Waals surface area contributed by atoms with Gasteiger partial charge in [0.15, 0.2) is 17.5 Å². The van der Waals surface area contributed by atoms with Crippen LogP contribution in [0.25, 0.3) is 182 Å². The summed E-state index contributed by atoms with van der Waals surface area (Å²) < 4.78 is 26.3. The van der Waals surface area contributed by atoms with E-state index in [0.717, 1.165) is 133 Å². The zero-order chi connectivity index (χ0) is 54.7. The molecule has 0 saturated carbocycles. The predicted octanol–water partition coefficient (Wildman–Crippen LogP) is 19.9. The molecule has 0 fully saturated rings. The highest BCUT2D eigenvalue weighted by Crippen LogP contribution is 2.43. The number of furan rings is 3. The smallest absolute Gasteiger partial charge is 0.164 e. The van der Waals surface area contributed by atoms with Crippen LogP contribution in [0.15, 0.2) is 268 Å². The number of benzene rings is 12. The largest absolute Gasteiger partial charge is 0.456 e. The Labute approximate surface area is 476 Å². The molecule has 0 bridgehead atoms. The van der Waals surface area contributed by atoms with E-state index in [9.17, 15) is 0 Å². The van der Waals surface area contributed by atoms with Crippen LogP contribution in [0.4, 0.5) is 0 Å². The lowest BCUT2D eigenvalue weighted by Gasteiger charge is -2.12. The molecule has 19 aromatic rings. The third kappa shape index (κ3) is 6.51. The van der Waals surface area contributed by atoms with Gasteiger partial charge in [0.25, 0.3) is 0 Å². The second kappa shape index (κ2) is 17.0. The van der Waals surface area contributed by atoms with Gasteiger partial charge in [-0.1, -0.05) is 109 Å². The average molecular weight is 1080 g/mol. The van der Waals surface area contributed by atoms with E-state index >= 15 is 0 Å². The van der Waals surface area contributed by atoms with Crippen LogP contribution in [0.3, 0.4) is 0 Å². The standard InChI is InChI=1S/C75H42N6O3/c1-7-19-61-49(13-1)55-37-58-52-16-4-10-22-67(52)82-70(58)40-64(55)79(61)46-31-25-43(26-32-46)73-76-74(44-27-33-47(34-28-44)80-62-20-8-2-14-50(62)56-38-59-53-17-5-11-23-68(53)83-71(59)41-65(56)80)78-75(77-73)45-29-35-48(36-30-45)81-63-21-9-3-15-51(63)57-39-60-54-18-6-12-24-69(54)84-72(60)42-66(57)81/h1-42H. The molecule has 19 rings (SSSR count). The van der Waals surface area contributed by atoms with Crippen LogP contribution in [0.2, 0.25) is 0 Å². The van der Waals surface area contributed by atoms with Crippen molar-refractivity contribution in [2.24, 2.45) is 0 Å². The fourth-order valence-corrected chi connectivity index (χ4v) is 13.4. The summed E-state index contributed by atoms with van der Waals surface area (Å²) in [6.45, 7) is 0. The van der Waals surface area contributed by atoms with E-state index in [1.165, 1.54) is 32.3 Å². The molecular weight excluding hydrogens is 1030 g/mol. The first-order chi connectivity index (χ1) is 41.6. The molecule has 7 heterocycles. The van der Waals surface area contributed by atoms with Crippen molar-refractivity contribution in [1.29, 1.82) is 0 Å². The molecule has 84 heavy (non-hydrogen) atoms. The van der Waals surface area contributed by atoms with E-state index in [1.54, 1.807) is 0 Å². The molecule has 0 aliphatic carbocycles. The number of fused-ring (bicyclic) bond motifs is 18. The van der Waals surface area contributed by atoms with Crippen molar-refractivity contribution in [3.63, 3.8) is 0 Å². The van der Waals surface area contributed by atoms with Crippen molar-refractivity contribution in [1.82, 2.24) is 28.7 Å². The third-order valence-electron chi connectivity index (χ3n) is 17.3. The zero-order valence-corrected chi connectivity index (χ0v) is 44.7. The molecule has 0 atom stereocenters. The Morgan fingerprint density at radius 2 is 0.464 bits per heavy atom. The van der Waals surface area contributed by atoms with Crippen LogP contribution in [-0.4, -0.2) is 28.7 Å². The molecule has 0 unspecified atom stereocenters. The number of hydrogen-bond donors (Lipinski definition) is 0. The SMILES string of the molecule is c1ccc2c(c1)oc1cc3c(cc12)c1ccccc1n3-c1ccc(-c2nc(-c3ccc(-n4c5ccccc5c5cc6c(cc54)oc4ccccc46)cc3)nc(-c3ccc(-n4c5ccccc5c5cc6c(cc54)oc4ccccc46)cc3)n2)cc1. The minimum atomic E-state index is 0.565. The summed E-state index contributed by atoms with van der Waals surface area (Å²) in [4.78, 5) is 15.9. The normalized spacial score (nSPS) is 12.3. The van der Waals surface area contributed by atoms with Gasteiger partial charge in [0, 0.05) is 117 Å². The number of hydrogen-bond acceptors (Lipinski definition) is 6. The fraction of sp³-hybridized carbons (Fsp3) is 0. The van der Waals surface area contributed by atoms with E-state index in [0.29, 0.717) is 17.5 Å². The molecule has 9 heteroatoms. The Bertz CT molecular complexity index is 5380. The van der Waals surface area contributed by atoms with E-state index in [-0.39, 0.29) is 0 Å². The lowest BCUT2D eigenvalue weighted by Crippen LogP contribution is -2.01. The van der Waals surface area contributed by atoms with Gasteiger partial charge in [0.2, 0.25) is 0 Å². The summed E-state index contributed by atoms with van der Waals surface area (Å²) in [6, 6.07) is 89.6. The van der Waals surface area contributed by atoms with Gasteiger partial charge in [-0.2, -0.15) is 0 Å². The van der Waals surface area contributed by atoms with Crippen LogP contribution in [-0.2, 0) is 0 Å². The Morgan fingerprint density at radius 1 is 0.202 bits per heavy atom. The Hall–Kier alpha value is -11.6. The summed E-state index contributed by atoms with van der Waals surface area (Å²) in [6.07, 6.45) is 0. The lowest BCUT2D eigenvalue weighted by molar-refractivity contribution is 0.669. The Balaban J connectivity index is 0.750. The first kappa shape index (κ1) is 45.2. The van der Waals surface area contributed by atoms with E-state index in [1.807, 2.05) is 36.4 Å². The summed E-state index contributed by atoms with van der Waals surface area (Å²) in [7, 11) is 0. The molecule has 9 nitrogen and oxygen atoms in total. The Morgan fingerprint density at radius 3 is 0.762 bits per heavy atom. The van der Waals surface area contributed by atoms with Gasteiger partial charge in [0.1, 0.15) is 33.5 Å². The fourth-order valence-electron chi connectivity index (χ4n) is 13.4. The third-order valence-corrected chi connectivity index (χ3v) is 17.3. The minimum absolute atomic E-state index is 0.565. The van der Waals surface area contributed by atoms with Gasteiger partial charge in [-0.15, -0.1) is 0 Å². The van der Waals surface area contributed by atoms with Crippen LogP contribution in [0.1, 0.15) is 0 Å². The van der Waals surface area contributed by atoms with Gasteiger partial charge < -0.3 is 27.0 Å². The van der Waals surface area contributed by atoms with Crippen molar-refractivity contribution in [3.8, 4) is 51.2 Å². The molecule has 0 saturated heterocycles. The molecule has 0 radical (unpaired) electrons. The molecule has 7 aromatic heterocycles. The molecular formula is C75H42N6O3. The monoisotopic (exact) mass is 1070 g/mol. The number of rotatable bonds is 6. The van der Waals surface area contributed by atoms with Crippen molar-refractivity contribution in [2.75, 3.05) is 0 Å². The highest BCUT2D eigenvalue weighted by molar-refractivity contribution is 6.20. The summed E-state index contributed by atoms with van der Waals surface area (Å²) in [5.41, 5.74) is 17.4. The summed E-state index contributed by atoms with van der Waals surface area (Å²) >= 11 is 0. The first-order valence-electron chi connectivity index (χ1n) is 28.2. The van der Waals surface area contributed by atoms with E-state index in [4.69, 9.17) is 28.2 Å². The maximum absolute atomic E-state index is 6.44.